The SMILES string of the molecule is COC(=O)CNC(C)c1cccc(-n2cnnn2)c1. The van der Waals surface area contributed by atoms with Gasteiger partial charge >= 0.3 is 5.97 Å². The van der Waals surface area contributed by atoms with E-state index >= 15 is 0 Å². The van der Waals surface area contributed by atoms with Gasteiger partial charge in [-0.05, 0) is 35.0 Å². The van der Waals surface area contributed by atoms with Crippen molar-refractivity contribution in [2.24, 2.45) is 0 Å². The largest absolute Gasteiger partial charge is 0.468 e. The van der Waals surface area contributed by atoms with Gasteiger partial charge in [0.05, 0.1) is 19.3 Å². The molecule has 2 rings (SSSR count). The Balaban J connectivity index is 2.08. The Hall–Kier alpha value is -2.28. The lowest BCUT2D eigenvalue weighted by atomic mass is 10.1. The van der Waals surface area contributed by atoms with E-state index in [4.69, 9.17) is 0 Å². The molecule has 0 saturated carbocycles. The predicted octanol–water partition coefficient (Wildman–Crippen LogP) is 0.486. The van der Waals surface area contributed by atoms with E-state index in [1.54, 1.807) is 4.68 Å². The highest BCUT2D eigenvalue weighted by Crippen LogP contribution is 2.15. The van der Waals surface area contributed by atoms with Crippen molar-refractivity contribution < 1.29 is 9.53 Å². The van der Waals surface area contributed by atoms with Crippen molar-refractivity contribution in [3.63, 3.8) is 0 Å². The minimum absolute atomic E-state index is 0.0236. The summed E-state index contributed by atoms with van der Waals surface area (Å²) in [5, 5.41) is 14.1. The summed E-state index contributed by atoms with van der Waals surface area (Å²) in [6.07, 6.45) is 1.53. The lowest BCUT2D eigenvalue weighted by molar-refractivity contribution is -0.139. The second kappa shape index (κ2) is 6.05. The first-order chi connectivity index (χ1) is 9.20. The Morgan fingerprint density at radius 3 is 3.05 bits per heavy atom. The quantitative estimate of drug-likeness (QED) is 0.789. The highest BCUT2D eigenvalue weighted by molar-refractivity contribution is 5.71. The number of nitrogens with one attached hydrogen (secondary N) is 1. The average molecular weight is 261 g/mol. The molecule has 1 N–H and O–H groups in total. The summed E-state index contributed by atoms with van der Waals surface area (Å²) in [6, 6.07) is 7.79. The second-order valence-corrected chi connectivity index (χ2v) is 4.03. The van der Waals surface area contributed by atoms with Gasteiger partial charge in [0.1, 0.15) is 6.33 Å². The summed E-state index contributed by atoms with van der Waals surface area (Å²) >= 11 is 0. The zero-order chi connectivity index (χ0) is 13.7. The van der Waals surface area contributed by atoms with E-state index < -0.39 is 0 Å². The Morgan fingerprint density at radius 1 is 1.53 bits per heavy atom. The van der Waals surface area contributed by atoms with Gasteiger partial charge in [-0.2, -0.15) is 0 Å². The van der Waals surface area contributed by atoms with E-state index in [9.17, 15) is 4.79 Å². The van der Waals surface area contributed by atoms with Gasteiger partial charge in [-0.25, -0.2) is 4.68 Å². The van der Waals surface area contributed by atoms with Crippen molar-refractivity contribution in [3.8, 4) is 5.69 Å². The third kappa shape index (κ3) is 3.35. The van der Waals surface area contributed by atoms with Crippen LogP contribution in [-0.4, -0.2) is 39.8 Å². The monoisotopic (exact) mass is 261 g/mol. The molecule has 0 saturated heterocycles. The number of carbonyl (C=O) groups is 1. The molecule has 0 spiro atoms. The zero-order valence-corrected chi connectivity index (χ0v) is 10.8. The molecule has 1 atom stereocenters. The van der Waals surface area contributed by atoms with Crippen LogP contribution in [0.2, 0.25) is 0 Å². The van der Waals surface area contributed by atoms with Gasteiger partial charge in [-0.1, -0.05) is 12.1 Å². The molecular weight excluding hydrogens is 246 g/mol. The van der Waals surface area contributed by atoms with Gasteiger partial charge < -0.3 is 10.1 Å². The highest BCUT2D eigenvalue weighted by atomic mass is 16.5. The number of esters is 1. The topological polar surface area (TPSA) is 81.9 Å². The first kappa shape index (κ1) is 13.2. The van der Waals surface area contributed by atoms with E-state index in [-0.39, 0.29) is 18.6 Å². The number of hydrogen-bond acceptors (Lipinski definition) is 6. The summed E-state index contributed by atoms with van der Waals surface area (Å²) in [5.41, 5.74) is 1.91. The van der Waals surface area contributed by atoms with Gasteiger partial charge in [0.2, 0.25) is 0 Å². The van der Waals surface area contributed by atoms with Crippen LogP contribution in [-0.2, 0) is 9.53 Å². The minimum Gasteiger partial charge on any atom is -0.468 e. The number of carbonyl (C=O) groups excluding carboxylic acids is 1. The first-order valence-electron chi connectivity index (χ1n) is 5.84. The molecule has 0 aliphatic carbocycles. The molecular formula is C12H15N5O2. The predicted molar refractivity (Wildman–Crippen MR) is 67.6 cm³/mol. The fraction of sp³-hybridized carbons (Fsp3) is 0.333. The molecule has 100 valence electrons. The Bertz CT molecular complexity index is 541. The smallest absolute Gasteiger partial charge is 0.319 e. The summed E-state index contributed by atoms with van der Waals surface area (Å²) in [5.74, 6) is -0.288. The number of ether oxygens (including phenoxy) is 1. The van der Waals surface area contributed by atoms with Crippen LogP contribution in [0.5, 0.6) is 0 Å². The fourth-order valence-electron chi connectivity index (χ4n) is 1.64. The van der Waals surface area contributed by atoms with Crippen LogP contribution < -0.4 is 5.32 Å². The first-order valence-corrected chi connectivity index (χ1v) is 5.84. The number of rotatable bonds is 5. The van der Waals surface area contributed by atoms with Gasteiger partial charge in [-0.15, -0.1) is 5.10 Å². The molecule has 0 aliphatic rings. The van der Waals surface area contributed by atoms with Crippen molar-refractivity contribution in [1.29, 1.82) is 0 Å². The molecule has 7 nitrogen and oxygen atoms in total. The molecule has 0 fully saturated rings. The number of aromatic nitrogens is 4. The van der Waals surface area contributed by atoms with E-state index in [2.05, 4.69) is 25.6 Å². The summed E-state index contributed by atoms with van der Waals surface area (Å²) in [6.45, 7) is 2.15. The molecule has 1 unspecified atom stereocenters. The maximum absolute atomic E-state index is 11.1. The maximum Gasteiger partial charge on any atom is 0.319 e. The molecule has 1 aromatic carbocycles. The van der Waals surface area contributed by atoms with Gasteiger partial charge in [0.25, 0.3) is 0 Å². The van der Waals surface area contributed by atoms with Gasteiger partial charge in [-0.3, -0.25) is 4.79 Å². The van der Waals surface area contributed by atoms with Crippen LogP contribution in [0.1, 0.15) is 18.5 Å². The number of benzene rings is 1. The second-order valence-electron chi connectivity index (χ2n) is 4.03. The standard InChI is InChI=1S/C12H15N5O2/c1-9(13-7-12(18)19-2)10-4-3-5-11(6-10)17-8-14-15-16-17/h3-6,8-9,13H,7H2,1-2H3. The third-order valence-electron chi connectivity index (χ3n) is 2.76. The number of tetrazole rings is 1. The normalized spacial score (nSPS) is 12.1. The summed E-state index contributed by atoms with van der Waals surface area (Å²) in [4.78, 5) is 11.1. The van der Waals surface area contributed by atoms with Crippen molar-refractivity contribution in [1.82, 2.24) is 25.5 Å². The summed E-state index contributed by atoms with van der Waals surface area (Å²) in [7, 11) is 1.37. The lowest BCUT2D eigenvalue weighted by Crippen LogP contribution is -2.26. The van der Waals surface area contributed by atoms with Gasteiger partial charge in [0, 0.05) is 6.04 Å². The Labute approximate surface area is 110 Å². The maximum atomic E-state index is 11.1. The van der Waals surface area contributed by atoms with E-state index in [1.165, 1.54) is 13.4 Å². The van der Waals surface area contributed by atoms with Crippen LogP contribution in [0.4, 0.5) is 0 Å². The molecule has 0 aliphatic heterocycles. The van der Waals surface area contributed by atoms with Crippen LogP contribution in [0.3, 0.4) is 0 Å². The van der Waals surface area contributed by atoms with Crippen molar-refractivity contribution >= 4 is 5.97 Å². The number of methoxy groups -OCH3 is 1. The third-order valence-corrected chi connectivity index (χ3v) is 2.76. The van der Waals surface area contributed by atoms with Crippen molar-refractivity contribution in [2.75, 3.05) is 13.7 Å². The average Bonchev–Trinajstić information content (AvgIpc) is 2.98. The molecule has 1 heterocycles. The molecule has 2 aromatic rings. The van der Waals surface area contributed by atoms with Crippen LogP contribution >= 0.6 is 0 Å². The molecule has 1 aromatic heterocycles. The molecule has 7 heteroatoms. The van der Waals surface area contributed by atoms with Crippen LogP contribution in [0.25, 0.3) is 5.69 Å². The lowest BCUT2D eigenvalue weighted by Gasteiger charge is -2.14. The highest BCUT2D eigenvalue weighted by Gasteiger charge is 2.09. The van der Waals surface area contributed by atoms with Crippen molar-refractivity contribution in [3.05, 3.63) is 36.2 Å². The van der Waals surface area contributed by atoms with E-state index in [0.29, 0.717) is 0 Å². The van der Waals surface area contributed by atoms with Gasteiger partial charge in [0.15, 0.2) is 0 Å². The minimum atomic E-state index is -0.288. The molecule has 0 amide bonds. The fourth-order valence-corrected chi connectivity index (χ4v) is 1.64. The Kier molecular flexibility index (Phi) is 4.19. The molecule has 0 radical (unpaired) electrons. The van der Waals surface area contributed by atoms with Crippen molar-refractivity contribution in [2.45, 2.75) is 13.0 Å². The summed E-state index contributed by atoms with van der Waals surface area (Å²) < 4.78 is 6.17. The number of hydrogen-bond donors (Lipinski definition) is 1. The molecule has 0 bridgehead atoms. The molecule has 19 heavy (non-hydrogen) atoms. The zero-order valence-electron chi connectivity index (χ0n) is 10.8. The number of nitrogens with zero attached hydrogens (tertiary/aromatic N) is 4. The van der Waals surface area contributed by atoms with E-state index in [1.807, 2.05) is 31.2 Å². The van der Waals surface area contributed by atoms with E-state index in [0.717, 1.165) is 11.3 Å². The van der Waals surface area contributed by atoms with Crippen LogP contribution in [0, 0.1) is 0 Å². The van der Waals surface area contributed by atoms with Crippen LogP contribution in [0.15, 0.2) is 30.6 Å². The Morgan fingerprint density at radius 2 is 2.37 bits per heavy atom.